The van der Waals surface area contributed by atoms with Crippen molar-refractivity contribution in [3.63, 3.8) is 0 Å². The van der Waals surface area contributed by atoms with E-state index < -0.39 is 5.97 Å². The lowest BCUT2D eigenvalue weighted by Crippen LogP contribution is -2.46. The molecule has 1 saturated heterocycles. The van der Waals surface area contributed by atoms with Gasteiger partial charge in [-0.15, -0.1) is 0 Å². The van der Waals surface area contributed by atoms with Crippen LogP contribution in [0.3, 0.4) is 0 Å². The summed E-state index contributed by atoms with van der Waals surface area (Å²) in [5, 5.41) is 11.8. The number of piperidine rings is 1. The van der Waals surface area contributed by atoms with Gasteiger partial charge in [0.2, 0.25) is 0 Å². The van der Waals surface area contributed by atoms with Gasteiger partial charge in [-0.05, 0) is 25.3 Å². The van der Waals surface area contributed by atoms with Crippen LogP contribution in [0, 0.1) is 5.92 Å². The Bertz CT molecular complexity index is 147. The lowest BCUT2D eigenvalue weighted by Gasteiger charge is -2.28. The molecule has 0 aromatic carbocycles. The Labute approximate surface area is 66.8 Å². The van der Waals surface area contributed by atoms with Crippen molar-refractivity contribution in [3.05, 3.63) is 0 Å². The number of hydrogen-bond acceptors (Lipinski definition) is 2. The molecule has 0 bridgehead atoms. The van der Waals surface area contributed by atoms with Gasteiger partial charge in [-0.1, -0.05) is 13.3 Å². The van der Waals surface area contributed by atoms with Crippen molar-refractivity contribution in [2.45, 2.75) is 32.2 Å². The van der Waals surface area contributed by atoms with Crippen LogP contribution >= 0.6 is 0 Å². The number of nitrogens with one attached hydrogen (secondary N) is 1. The number of carboxylic acid groups (broad SMARTS) is 1. The van der Waals surface area contributed by atoms with E-state index in [1.54, 1.807) is 0 Å². The molecule has 1 aliphatic heterocycles. The molecule has 0 radical (unpaired) electrons. The molecule has 0 spiro atoms. The summed E-state index contributed by atoms with van der Waals surface area (Å²) in [6, 6.07) is -0.297. The smallest absolute Gasteiger partial charge is 0.320 e. The van der Waals surface area contributed by atoms with E-state index in [9.17, 15) is 4.79 Å². The molecule has 0 aromatic rings. The number of carboxylic acids is 1. The van der Waals surface area contributed by atoms with E-state index >= 15 is 0 Å². The molecule has 3 nitrogen and oxygen atoms in total. The fourth-order valence-electron chi connectivity index (χ4n) is 1.68. The average molecular weight is 157 g/mol. The molecular formula is C8H15NO2. The van der Waals surface area contributed by atoms with Gasteiger partial charge in [0.05, 0.1) is 0 Å². The van der Waals surface area contributed by atoms with Gasteiger partial charge in [-0.25, -0.2) is 0 Å². The Morgan fingerprint density at radius 3 is 2.91 bits per heavy atom. The molecule has 1 aliphatic rings. The van der Waals surface area contributed by atoms with Crippen molar-refractivity contribution < 1.29 is 9.90 Å². The van der Waals surface area contributed by atoms with E-state index in [-0.39, 0.29) is 6.04 Å². The summed E-state index contributed by atoms with van der Waals surface area (Å²) >= 11 is 0. The summed E-state index contributed by atoms with van der Waals surface area (Å²) in [4.78, 5) is 10.7. The van der Waals surface area contributed by atoms with Crippen LogP contribution < -0.4 is 5.32 Å². The number of carbonyl (C=O) groups is 1. The molecule has 0 amide bonds. The highest BCUT2D eigenvalue weighted by Gasteiger charge is 2.28. The Morgan fingerprint density at radius 1 is 1.73 bits per heavy atom. The summed E-state index contributed by atoms with van der Waals surface area (Å²) in [6.45, 7) is 2.90. The zero-order chi connectivity index (χ0) is 8.27. The van der Waals surface area contributed by atoms with Crippen LogP contribution in [0.1, 0.15) is 26.2 Å². The highest BCUT2D eigenvalue weighted by molar-refractivity contribution is 5.74. The molecule has 2 atom stereocenters. The zero-order valence-corrected chi connectivity index (χ0v) is 6.84. The lowest BCUT2D eigenvalue weighted by molar-refractivity contribution is -0.141. The predicted molar refractivity (Wildman–Crippen MR) is 42.4 cm³/mol. The summed E-state index contributed by atoms with van der Waals surface area (Å²) < 4.78 is 0. The van der Waals surface area contributed by atoms with Crippen molar-refractivity contribution in [1.82, 2.24) is 5.32 Å². The van der Waals surface area contributed by atoms with Crippen molar-refractivity contribution >= 4 is 5.97 Å². The second-order valence-corrected chi connectivity index (χ2v) is 3.08. The van der Waals surface area contributed by atoms with Gasteiger partial charge < -0.3 is 10.4 Å². The van der Waals surface area contributed by atoms with Crippen LogP contribution in [-0.2, 0) is 4.79 Å². The molecule has 1 fully saturated rings. The average Bonchev–Trinajstić information content (AvgIpc) is 2.04. The van der Waals surface area contributed by atoms with Gasteiger partial charge in [0, 0.05) is 0 Å². The molecule has 1 heterocycles. The maximum Gasteiger partial charge on any atom is 0.320 e. The van der Waals surface area contributed by atoms with Crippen molar-refractivity contribution in [2.75, 3.05) is 6.54 Å². The second kappa shape index (κ2) is 3.72. The third-order valence-corrected chi connectivity index (χ3v) is 2.38. The summed E-state index contributed by atoms with van der Waals surface area (Å²) in [7, 11) is 0. The molecule has 3 heteroatoms. The van der Waals surface area contributed by atoms with Gasteiger partial charge in [0.1, 0.15) is 6.04 Å². The molecule has 1 rings (SSSR count). The third kappa shape index (κ3) is 1.93. The normalized spacial score (nSPS) is 31.7. The first kappa shape index (κ1) is 8.53. The van der Waals surface area contributed by atoms with Crippen LogP contribution in [0.25, 0.3) is 0 Å². The van der Waals surface area contributed by atoms with E-state index in [1.807, 2.05) is 6.92 Å². The Balaban J connectivity index is 2.51. The molecule has 11 heavy (non-hydrogen) atoms. The summed E-state index contributed by atoms with van der Waals surface area (Å²) in [5.41, 5.74) is 0. The molecule has 0 saturated carbocycles. The first-order valence-corrected chi connectivity index (χ1v) is 4.22. The van der Waals surface area contributed by atoms with Gasteiger partial charge >= 0.3 is 5.97 Å². The minimum Gasteiger partial charge on any atom is -0.480 e. The van der Waals surface area contributed by atoms with E-state index in [0.29, 0.717) is 5.92 Å². The highest BCUT2D eigenvalue weighted by Crippen LogP contribution is 2.19. The second-order valence-electron chi connectivity index (χ2n) is 3.08. The molecule has 0 aromatic heterocycles. The van der Waals surface area contributed by atoms with Crippen LogP contribution in [0.2, 0.25) is 0 Å². The van der Waals surface area contributed by atoms with Crippen LogP contribution in [0.15, 0.2) is 0 Å². The Hall–Kier alpha value is -0.570. The lowest BCUT2D eigenvalue weighted by atomic mass is 9.89. The van der Waals surface area contributed by atoms with E-state index in [1.165, 1.54) is 0 Å². The maximum atomic E-state index is 10.7. The SMILES string of the molecule is CC[C@@H]1CCCN[C@@H]1C(=O)O. The predicted octanol–water partition coefficient (Wildman–Crippen LogP) is 0.849. The van der Waals surface area contributed by atoms with Gasteiger partial charge in [0.25, 0.3) is 0 Å². The summed E-state index contributed by atoms with van der Waals surface area (Å²) in [6.07, 6.45) is 3.13. The first-order chi connectivity index (χ1) is 5.25. The highest BCUT2D eigenvalue weighted by atomic mass is 16.4. The quantitative estimate of drug-likeness (QED) is 0.624. The van der Waals surface area contributed by atoms with Crippen molar-refractivity contribution in [3.8, 4) is 0 Å². The number of aliphatic carboxylic acids is 1. The van der Waals surface area contributed by atoms with Gasteiger partial charge in [-0.2, -0.15) is 0 Å². The van der Waals surface area contributed by atoms with Gasteiger partial charge in [-0.3, -0.25) is 4.79 Å². The monoisotopic (exact) mass is 157 g/mol. The number of hydrogen-bond donors (Lipinski definition) is 2. The van der Waals surface area contributed by atoms with E-state index in [4.69, 9.17) is 5.11 Å². The Morgan fingerprint density at radius 2 is 2.45 bits per heavy atom. The van der Waals surface area contributed by atoms with E-state index in [2.05, 4.69) is 5.32 Å². The summed E-state index contributed by atoms with van der Waals surface area (Å²) in [5.74, 6) is -0.363. The Kier molecular flexibility index (Phi) is 2.88. The maximum absolute atomic E-state index is 10.7. The fraction of sp³-hybridized carbons (Fsp3) is 0.875. The fourth-order valence-corrected chi connectivity index (χ4v) is 1.68. The minimum absolute atomic E-state index is 0.297. The van der Waals surface area contributed by atoms with Crippen LogP contribution in [0.5, 0.6) is 0 Å². The van der Waals surface area contributed by atoms with E-state index in [0.717, 1.165) is 25.8 Å². The van der Waals surface area contributed by atoms with Crippen LogP contribution in [0.4, 0.5) is 0 Å². The number of rotatable bonds is 2. The topological polar surface area (TPSA) is 49.3 Å². The molecule has 0 unspecified atom stereocenters. The molecule has 2 N–H and O–H groups in total. The van der Waals surface area contributed by atoms with Crippen LogP contribution in [-0.4, -0.2) is 23.7 Å². The van der Waals surface area contributed by atoms with Crippen molar-refractivity contribution in [1.29, 1.82) is 0 Å². The standard InChI is InChI=1S/C8H15NO2/c1-2-6-4-3-5-9-7(6)8(10)11/h6-7,9H,2-5H2,1H3,(H,10,11)/t6-,7+/m1/s1. The molecular weight excluding hydrogens is 142 g/mol. The zero-order valence-electron chi connectivity index (χ0n) is 6.84. The molecule has 0 aliphatic carbocycles. The third-order valence-electron chi connectivity index (χ3n) is 2.38. The largest absolute Gasteiger partial charge is 0.480 e. The molecule has 64 valence electrons. The van der Waals surface area contributed by atoms with Gasteiger partial charge in [0.15, 0.2) is 0 Å². The van der Waals surface area contributed by atoms with Crippen molar-refractivity contribution in [2.24, 2.45) is 5.92 Å². The first-order valence-electron chi connectivity index (χ1n) is 4.22. The minimum atomic E-state index is -0.698.